The lowest BCUT2D eigenvalue weighted by atomic mass is 9.76. The van der Waals surface area contributed by atoms with Crippen LogP contribution in [0.5, 0.6) is 0 Å². The largest absolute Gasteiger partial charge is 0.194 e. The number of aryl methyl sites for hydroxylation is 1. The van der Waals surface area contributed by atoms with Gasteiger partial charge in [-0.3, -0.25) is 0 Å². The zero-order valence-corrected chi connectivity index (χ0v) is 18.4. The molecule has 1 aliphatic heterocycles. The van der Waals surface area contributed by atoms with Crippen molar-refractivity contribution in [3.05, 3.63) is 123 Å². The minimum atomic E-state index is -0.0583. The molecule has 0 bridgehead atoms. The fourth-order valence-electron chi connectivity index (χ4n) is 6.78. The van der Waals surface area contributed by atoms with Crippen LogP contribution in [0.2, 0.25) is 0 Å². The molecule has 0 amide bonds. The van der Waals surface area contributed by atoms with E-state index >= 15 is 0 Å². The normalized spacial score (nSPS) is 18.5. The Balaban J connectivity index is 1.57. The molecule has 2 aliphatic carbocycles. The Labute approximate surface area is 184 Å². The third-order valence-corrected chi connectivity index (χ3v) is 8.03. The SMILES string of the molecule is Cc1ccc2c3c1C(C)(C)[n+]1ccccc1C3c1ccc3c(c1-2)Cc1ccccc1C3. The predicted molar refractivity (Wildman–Crippen MR) is 125 cm³/mol. The Bertz CT molecular complexity index is 1420. The highest BCUT2D eigenvalue weighted by Crippen LogP contribution is 2.55. The topological polar surface area (TPSA) is 3.88 Å². The van der Waals surface area contributed by atoms with Crippen LogP contribution in [0.3, 0.4) is 0 Å². The van der Waals surface area contributed by atoms with E-state index in [1.54, 1.807) is 11.1 Å². The first kappa shape index (κ1) is 17.5. The minimum absolute atomic E-state index is 0.0583. The number of aromatic nitrogens is 1. The number of benzene rings is 3. The van der Waals surface area contributed by atoms with Gasteiger partial charge in [0, 0.05) is 31.5 Å². The number of rotatable bonds is 0. The van der Waals surface area contributed by atoms with Gasteiger partial charge in [-0.05, 0) is 69.8 Å². The number of fused-ring (bicyclic) bond motifs is 8. The third-order valence-electron chi connectivity index (χ3n) is 8.03. The third kappa shape index (κ3) is 2.09. The summed E-state index contributed by atoms with van der Waals surface area (Å²) in [5.74, 6) is 0.330. The minimum Gasteiger partial charge on any atom is -0.192 e. The highest BCUT2D eigenvalue weighted by atomic mass is 15.1. The highest BCUT2D eigenvalue weighted by molar-refractivity contribution is 5.86. The second-order valence-corrected chi connectivity index (χ2v) is 10.00. The number of nitrogens with zero attached hydrogens (tertiary/aromatic N) is 1. The zero-order chi connectivity index (χ0) is 20.9. The summed E-state index contributed by atoms with van der Waals surface area (Å²) in [5, 5.41) is 0. The Kier molecular flexibility index (Phi) is 3.23. The summed E-state index contributed by atoms with van der Waals surface area (Å²) in [6.45, 7) is 7.05. The zero-order valence-electron chi connectivity index (χ0n) is 18.4. The molecular formula is C30H26N+. The summed E-state index contributed by atoms with van der Waals surface area (Å²) in [4.78, 5) is 0. The van der Waals surface area contributed by atoms with E-state index < -0.39 is 0 Å². The molecule has 2 heterocycles. The summed E-state index contributed by atoms with van der Waals surface area (Å²) < 4.78 is 2.51. The van der Waals surface area contributed by atoms with Crippen LogP contribution in [0.1, 0.15) is 70.0 Å². The van der Waals surface area contributed by atoms with Crippen LogP contribution in [0.15, 0.2) is 72.9 Å². The molecular weight excluding hydrogens is 374 g/mol. The van der Waals surface area contributed by atoms with Crippen molar-refractivity contribution in [1.29, 1.82) is 0 Å². The van der Waals surface area contributed by atoms with Gasteiger partial charge in [0.2, 0.25) is 0 Å². The first-order valence-electron chi connectivity index (χ1n) is 11.4. The van der Waals surface area contributed by atoms with Crippen molar-refractivity contribution < 1.29 is 4.57 Å². The van der Waals surface area contributed by atoms with Gasteiger partial charge in [-0.2, -0.15) is 4.57 Å². The van der Waals surface area contributed by atoms with Gasteiger partial charge in [0.25, 0.3) is 0 Å². The lowest BCUT2D eigenvalue weighted by molar-refractivity contribution is -0.756. The van der Waals surface area contributed by atoms with E-state index in [2.05, 4.69) is 98.3 Å². The van der Waals surface area contributed by atoms with E-state index in [-0.39, 0.29) is 5.54 Å². The predicted octanol–water partition coefficient (Wildman–Crippen LogP) is 6.03. The summed E-state index contributed by atoms with van der Waals surface area (Å²) in [5.41, 5.74) is 16.4. The van der Waals surface area contributed by atoms with Crippen LogP contribution in [0.25, 0.3) is 11.1 Å². The van der Waals surface area contributed by atoms with Gasteiger partial charge in [0.1, 0.15) is 0 Å². The van der Waals surface area contributed by atoms with Crippen LogP contribution >= 0.6 is 0 Å². The molecule has 1 atom stereocenters. The number of hydrogen-bond acceptors (Lipinski definition) is 0. The highest BCUT2D eigenvalue weighted by Gasteiger charge is 2.50. The molecule has 31 heavy (non-hydrogen) atoms. The van der Waals surface area contributed by atoms with Crippen molar-refractivity contribution in [3.63, 3.8) is 0 Å². The van der Waals surface area contributed by atoms with Crippen LogP contribution < -0.4 is 4.57 Å². The molecule has 0 saturated heterocycles. The molecule has 1 heteroatoms. The van der Waals surface area contributed by atoms with Gasteiger partial charge < -0.3 is 0 Å². The summed E-state index contributed by atoms with van der Waals surface area (Å²) in [6, 6.07) is 25.3. The van der Waals surface area contributed by atoms with E-state index in [0.29, 0.717) is 5.92 Å². The molecule has 1 aromatic heterocycles. The maximum absolute atomic E-state index is 2.51. The van der Waals surface area contributed by atoms with Crippen LogP contribution in [-0.4, -0.2) is 0 Å². The van der Waals surface area contributed by atoms with Gasteiger partial charge >= 0.3 is 0 Å². The van der Waals surface area contributed by atoms with Crippen molar-refractivity contribution in [1.82, 2.24) is 0 Å². The van der Waals surface area contributed by atoms with Crippen molar-refractivity contribution in [2.75, 3.05) is 0 Å². The van der Waals surface area contributed by atoms with Crippen molar-refractivity contribution in [2.45, 2.75) is 45.1 Å². The van der Waals surface area contributed by atoms with Gasteiger partial charge in [0.15, 0.2) is 17.4 Å². The van der Waals surface area contributed by atoms with Crippen molar-refractivity contribution >= 4 is 0 Å². The van der Waals surface area contributed by atoms with E-state index in [0.717, 1.165) is 12.8 Å². The molecule has 1 nitrogen and oxygen atoms in total. The fourth-order valence-corrected chi connectivity index (χ4v) is 6.78. The lowest BCUT2D eigenvalue weighted by Crippen LogP contribution is -2.59. The molecule has 3 aromatic carbocycles. The maximum Gasteiger partial charge on any atom is 0.194 e. The second-order valence-electron chi connectivity index (χ2n) is 10.00. The first-order chi connectivity index (χ1) is 15.1. The Hall–Kier alpha value is -3.19. The second kappa shape index (κ2) is 5.73. The molecule has 0 spiro atoms. The van der Waals surface area contributed by atoms with Crippen molar-refractivity contribution in [3.8, 4) is 11.1 Å². The van der Waals surface area contributed by atoms with Gasteiger partial charge in [0.05, 0.1) is 5.92 Å². The van der Waals surface area contributed by atoms with E-state index in [4.69, 9.17) is 0 Å². The molecule has 7 rings (SSSR count). The Morgan fingerprint density at radius 2 is 1.58 bits per heavy atom. The van der Waals surface area contributed by atoms with Gasteiger partial charge in [-0.25, -0.2) is 0 Å². The monoisotopic (exact) mass is 400 g/mol. The summed E-state index contributed by atoms with van der Waals surface area (Å²) in [6.07, 6.45) is 4.37. The Morgan fingerprint density at radius 1 is 0.806 bits per heavy atom. The van der Waals surface area contributed by atoms with Crippen LogP contribution in [0.4, 0.5) is 0 Å². The molecule has 0 radical (unpaired) electrons. The van der Waals surface area contributed by atoms with E-state index in [1.165, 1.54) is 50.2 Å². The fraction of sp³-hybridized carbons (Fsp3) is 0.233. The maximum atomic E-state index is 2.51. The molecule has 0 N–H and O–H groups in total. The molecule has 1 unspecified atom stereocenters. The first-order valence-corrected chi connectivity index (χ1v) is 11.4. The molecule has 3 aliphatic rings. The molecule has 150 valence electrons. The molecule has 4 aromatic rings. The smallest absolute Gasteiger partial charge is 0.192 e. The van der Waals surface area contributed by atoms with E-state index in [1.807, 2.05) is 0 Å². The quantitative estimate of drug-likeness (QED) is 0.274. The summed E-state index contributed by atoms with van der Waals surface area (Å²) in [7, 11) is 0. The summed E-state index contributed by atoms with van der Waals surface area (Å²) >= 11 is 0. The molecule has 0 saturated carbocycles. The average Bonchev–Trinajstić information content (AvgIpc) is 3.11. The number of pyridine rings is 1. The van der Waals surface area contributed by atoms with Gasteiger partial charge in [-0.15, -0.1) is 0 Å². The van der Waals surface area contributed by atoms with Crippen molar-refractivity contribution in [2.24, 2.45) is 0 Å². The average molecular weight is 401 g/mol. The van der Waals surface area contributed by atoms with E-state index in [9.17, 15) is 0 Å². The number of hydrogen-bond donors (Lipinski definition) is 0. The van der Waals surface area contributed by atoms with Crippen LogP contribution in [0, 0.1) is 6.92 Å². The lowest BCUT2D eigenvalue weighted by Gasteiger charge is -2.33. The van der Waals surface area contributed by atoms with Crippen LogP contribution in [-0.2, 0) is 18.4 Å². The molecule has 0 fully saturated rings. The van der Waals surface area contributed by atoms with Gasteiger partial charge in [-0.1, -0.05) is 54.6 Å². The standard InChI is InChI=1S/C30H26N/c1-18-11-13-23-26-22(14-12-21-16-19-8-4-5-9-20(19)17-24(21)26)27-25-10-6-7-15-31(25)30(2,3)29(18)28(23)27/h4-15,27H,16-17H2,1-3H3/q+1. The Morgan fingerprint density at radius 3 is 2.42 bits per heavy atom.